The fraction of sp³-hybridized carbons (Fsp3) is 0.524. The summed E-state index contributed by atoms with van der Waals surface area (Å²) in [6.45, 7) is 1.87. The summed E-state index contributed by atoms with van der Waals surface area (Å²) in [5.41, 5.74) is 3.80. The minimum absolute atomic E-state index is 0.0413. The van der Waals surface area contributed by atoms with Crippen molar-refractivity contribution in [2.45, 2.75) is 68.8 Å². The van der Waals surface area contributed by atoms with Gasteiger partial charge in [0.25, 0.3) is 5.91 Å². The molecule has 0 unspecified atom stereocenters. The fourth-order valence-corrected chi connectivity index (χ4v) is 4.29. The van der Waals surface area contributed by atoms with E-state index in [1.165, 1.54) is 12.1 Å². The maximum Gasteiger partial charge on any atom is 0.326 e. The van der Waals surface area contributed by atoms with Gasteiger partial charge < -0.3 is 36.6 Å². The van der Waals surface area contributed by atoms with Crippen molar-refractivity contribution in [1.29, 1.82) is 0 Å². The Labute approximate surface area is 199 Å². The summed E-state index contributed by atoms with van der Waals surface area (Å²) in [5, 5.41) is 53.5. The standard InChI is InChI=1S/C21H28ClN3O9/c1-2-3-9-6-10(7-12(22)15(9)26)17(28)24-13(18(29)30)8-11-4-5-21(25-11,20(33)34)16(27)14(23)19(31)32/h6-7,11,13-14,16,25-27H,2-5,8,23H2,1H3,(H,24,28)(H,29,30)(H,31,32)(H,33,34)/t11-,13+,14-,16+,21-/m1/s1. The second kappa shape index (κ2) is 11.0. The summed E-state index contributed by atoms with van der Waals surface area (Å²) in [4.78, 5) is 47.5. The number of rotatable bonds is 11. The fourth-order valence-electron chi connectivity index (χ4n) is 4.05. The SMILES string of the molecule is CCCc1cc(C(=O)N[C@@H](C[C@H]2CC[C@](C(=O)O)([C@@H](O)[C@@H](N)C(=O)O)N2)C(=O)O)cc(Cl)c1O. The van der Waals surface area contributed by atoms with Crippen LogP contribution in [0, 0.1) is 0 Å². The molecular weight excluding hydrogens is 474 g/mol. The molecule has 9 N–H and O–H groups in total. The second-order valence-corrected chi connectivity index (χ2v) is 8.69. The van der Waals surface area contributed by atoms with E-state index in [0.29, 0.717) is 18.4 Å². The van der Waals surface area contributed by atoms with Crippen LogP contribution < -0.4 is 16.4 Å². The Morgan fingerprint density at radius 1 is 1.24 bits per heavy atom. The molecule has 5 atom stereocenters. The molecule has 1 fully saturated rings. The van der Waals surface area contributed by atoms with E-state index >= 15 is 0 Å². The Kier molecular flexibility index (Phi) is 8.83. The molecular formula is C21H28ClN3O9. The van der Waals surface area contributed by atoms with Crippen molar-refractivity contribution < 1.29 is 44.7 Å². The van der Waals surface area contributed by atoms with Crippen molar-refractivity contribution in [3.8, 4) is 5.75 Å². The zero-order valence-corrected chi connectivity index (χ0v) is 19.1. The Morgan fingerprint density at radius 2 is 1.88 bits per heavy atom. The van der Waals surface area contributed by atoms with Crippen molar-refractivity contribution in [3.05, 3.63) is 28.3 Å². The molecule has 1 amide bonds. The minimum Gasteiger partial charge on any atom is -0.506 e. The highest BCUT2D eigenvalue weighted by molar-refractivity contribution is 6.32. The normalized spacial score (nSPS) is 22.5. The number of carboxylic acids is 3. The number of nitrogens with two attached hydrogens (primary N) is 1. The number of nitrogens with one attached hydrogen (secondary N) is 2. The topological polar surface area (TPSA) is 220 Å². The van der Waals surface area contributed by atoms with E-state index in [2.05, 4.69) is 10.6 Å². The smallest absolute Gasteiger partial charge is 0.326 e. The number of carbonyl (C=O) groups excluding carboxylic acids is 1. The lowest BCUT2D eigenvalue weighted by Gasteiger charge is -2.33. The van der Waals surface area contributed by atoms with Gasteiger partial charge >= 0.3 is 17.9 Å². The number of hydrogen-bond acceptors (Lipinski definition) is 8. The number of aliphatic carboxylic acids is 3. The highest BCUT2D eigenvalue weighted by Crippen LogP contribution is 2.32. The molecule has 12 nitrogen and oxygen atoms in total. The van der Waals surface area contributed by atoms with Crippen LogP contribution in [0.2, 0.25) is 5.02 Å². The van der Waals surface area contributed by atoms with Crippen LogP contribution in [0.5, 0.6) is 5.75 Å². The van der Waals surface area contributed by atoms with Crippen molar-refractivity contribution in [2.24, 2.45) is 5.73 Å². The lowest BCUT2D eigenvalue weighted by atomic mass is 9.86. The average Bonchev–Trinajstić information content (AvgIpc) is 3.20. The van der Waals surface area contributed by atoms with Gasteiger partial charge in [0.1, 0.15) is 29.5 Å². The Hall–Kier alpha value is -2.93. The molecule has 1 aromatic carbocycles. The number of carbonyl (C=O) groups is 4. The lowest BCUT2D eigenvalue weighted by molar-refractivity contribution is -0.153. The van der Waals surface area contributed by atoms with Crippen LogP contribution in [0.4, 0.5) is 0 Å². The van der Waals surface area contributed by atoms with E-state index in [1.54, 1.807) is 0 Å². The number of amides is 1. The maximum absolute atomic E-state index is 12.7. The van der Waals surface area contributed by atoms with Gasteiger partial charge in [-0.15, -0.1) is 0 Å². The predicted octanol–water partition coefficient (Wildman–Crippen LogP) is -0.0806. The number of aliphatic hydroxyl groups is 1. The van der Waals surface area contributed by atoms with Gasteiger partial charge in [-0.05, 0) is 43.4 Å². The summed E-state index contributed by atoms with van der Waals surface area (Å²) in [5.74, 6) is -5.43. The van der Waals surface area contributed by atoms with Crippen LogP contribution in [0.3, 0.4) is 0 Å². The average molecular weight is 502 g/mol. The molecule has 188 valence electrons. The molecule has 1 aliphatic rings. The van der Waals surface area contributed by atoms with Crippen LogP contribution in [0.1, 0.15) is 48.5 Å². The molecule has 1 heterocycles. The number of carboxylic acid groups (broad SMARTS) is 3. The summed E-state index contributed by atoms with van der Waals surface area (Å²) in [6, 6.07) is -1.49. The van der Waals surface area contributed by atoms with Crippen molar-refractivity contribution in [1.82, 2.24) is 10.6 Å². The van der Waals surface area contributed by atoms with E-state index in [1.807, 2.05) is 6.92 Å². The molecule has 0 saturated carbocycles. The first kappa shape index (κ1) is 27.3. The van der Waals surface area contributed by atoms with E-state index in [4.69, 9.17) is 22.4 Å². The highest BCUT2D eigenvalue weighted by atomic mass is 35.5. The molecule has 1 saturated heterocycles. The van der Waals surface area contributed by atoms with Crippen LogP contribution in [-0.2, 0) is 20.8 Å². The Morgan fingerprint density at radius 3 is 2.41 bits per heavy atom. The maximum atomic E-state index is 12.7. The number of benzene rings is 1. The van der Waals surface area contributed by atoms with Crippen LogP contribution in [0.25, 0.3) is 0 Å². The Bertz CT molecular complexity index is 973. The zero-order valence-electron chi connectivity index (χ0n) is 18.3. The van der Waals surface area contributed by atoms with Crippen molar-refractivity contribution in [2.75, 3.05) is 0 Å². The molecule has 0 bridgehead atoms. The third-order valence-electron chi connectivity index (χ3n) is 5.91. The highest BCUT2D eigenvalue weighted by Gasteiger charge is 2.54. The number of phenolic OH excluding ortho intramolecular Hbond substituents is 1. The molecule has 0 aliphatic carbocycles. The first-order valence-corrected chi connectivity index (χ1v) is 10.9. The van der Waals surface area contributed by atoms with Gasteiger partial charge in [0.05, 0.1) is 5.02 Å². The quantitative estimate of drug-likeness (QED) is 0.200. The molecule has 13 heteroatoms. The van der Waals surface area contributed by atoms with Crippen molar-refractivity contribution in [3.63, 3.8) is 0 Å². The number of aryl methyl sites for hydroxylation is 1. The second-order valence-electron chi connectivity index (χ2n) is 8.28. The lowest BCUT2D eigenvalue weighted by Crippen LogP contribution is -2.65. The molecule has 34 heavy (non-hydrogen) atoms. The summed E-state index contributed by atoms with van der Waals surface area (Å²) in [6.07, 6.45) is -1.24. The first-order valence-electron chi connectivity index (χ1n) is 10.6. The number of hydrogen-bond donors (Lipinski definition) is 8. The zero-order chi connectivity index (χ0) is 25.8. The van der Waals surface area contributed by atoms with Crippen molar-refractivity contribution >= 4 is 35.4 Å². The molecule has 0 aromatic heterocycles. The molecule has 1 aromatic rings. The molecule has 0 spiro atoms. The summed E-state index contributed by atoms with van der Waals surface area (Å²) >= 11 is 5.99. The predicted molar refractivity (Wildman–Crippen MR) is 119 cm³/mol. The molecule has 0 radical (unpaired) electrons. The van der Waals surface area contributed by atoms with E-state index in [-0.39, 0.29) is 35.6 Å². The van der Waals surface area contributed by atoms with Gasteiger partial charge in [0.2, 0.25) is 0 Å². The summed E-state index contributed by atoms with van der Waals surface area (Å²) in [7, 11) is 0. The number of phenols is 1. The van der Waals surface area contributed by atoms with Gasteiger partial charge in [-0.3, -0.25) is 19.7 Å². The first-order chi connectivity index (χ1) is 15.8. The molecule has 2 rings (SSSR count). The Balaban J connectivity index is 2.19. The summed E-state index contributed by atoms with van der Waals surface area (Å²) < 4.78 is 0. The number of aromatic hydroxyl groups is 1. The van der Waals surface area contributed by atoms with E-state index in [0.717, 1.165) is 0 Å². The third-order valence-corrected chi connectivity index (χ3v) is 6.20. The van der Waals surface area contributed by atoms with Gasteiger partial charge in [0.15, 0.2) is 0 Å². The van der Waals surface area contributed by atoms with Gasteiger partial charge in [0, 0.05) is 11.6 Å². The largest absolute Gasteiger partial charge is 0.506 e. The van der Waals surface area contributed by atoms with Gasteiger partial charge in [-0.2, -0.15) is 0 Å². The van der Waals surface area contributed by atoms with Crippen LogP contribution in [0.15, 0.2) is 12.1 Å². The van der Waals surface area contributed by atoms with Gasteiger partial charge in [-0.1, -0.05) is 24.9 Å². The van der Waals surface area contributed by atoms with Gasteiger partial charge in [-0.25, -0.2) is 4.79 Å². The number of aliphatic hydroxyl groups excluding tert-OH is 1. The monoisotopic (exact) mass is 501 g/mol. The van der Waals surface area contributed by atoms with E-state index < -0.39 is 53.6 Å². The van der Waals surface area contributed by atoms with Crippen LogP contribution in [-0.4, -0.2) is 79.1 Å². The molecule has 1 aliphatic heterocycles. The van der Waals surface area contributed by atoms with E-state index in [9.17, 15) is 39.6 Å². The third kappa shape index (κ3) is 5.76. The minimum atomic E-state index is -2.09. The van der Waals surface area contributed by atoms with Crippen LogP contribution >= 0.6 is 11.6 Å². The number of halogens is 1.